The molecule has 0 spiro atoms. The van der Waals surface area contributed by atoms with Gasteiger partial charge in [-0.2, -0.15) is 0 Å². The van der Waals surface area contributed by atoms with E-state index >= 15 is 0 Å². The Labute approximate surface area is 124 Å². The first-order valence-corrected chi connectivity index (χ1v) is 7.31. The second kappa shape index (κ2) is 5.39. The zero-order valence-corrected chi connectivity index (χ0v) is 12.4. The summed E-state index contributed by atoms with van der Waals surface area (Å²) in [5.41, 5.74) is 2.27. The number of carbonyl (C=O) groups excluding carboxylic acids is 1. The molecule has 21 heavy (non-hydrogen) atoms. The van der Waals surface area contributed by atoms with Crippen molar-refractivity contribution in [2.24, 2.45) is 5.16 Å². The maximum absolute atomic E-state index is 12.2. The Morgan fingerprint density at radius 2 is 2.33 bits per heavy atom. The van der Waals surface area contributed by atoms with E-state index in [0.29, 0.717) is 13.0 Å². The molecule has 2 aliphatic heterocycles. The summed E-state index contributed by atoms with van der Waals surface area (Å²) in [6, 6.07) is 6.08. The molecule has 0 bridgehead atoms. The van der Waals surface area contributed by atoms with Gasteiger partial charge in [0.05, 0.1) is 12.3 Å². The molecule has 1 aromatic rings. The van der Waals surface area contributed by atoms with Crippen molar-refractivity contribution >= 4 is 11.6 Å². The number of aryl methyl sites for hydroxylation is 1. The number of fused-ring (bicyclic) bond motifs is 1. The number of oxime groups is 1. The topological polar surface area (TPSA) is 59.9 Å². The van der Waals surface area contributed by atoms with Crippen LogP contribution < -0.4 is 10.1 Å². The van der Waals surface area contributed by atoms with Gasteiger partial charge < -0.3 is 14.9 Å². The second-order valence-corrected chi connectivity index (χ2v) is 5.90. The van der Waals surface area contributed by atoms with Crippen molar-refractivity contribution in [1.82, 2.24) is 5.32 Å². The second-order valence-electron chi connectivity index (χ2n) is 5.90. The first kappa shape index (κ1) is 13.9. The van der Waals surface area contributed by atoms with E-state index in [9.17, 15) is 4.79 Å². The van der Waals surface area contributed by atoms with Crippen LogP contribution in [-0.2, 0) is 22.6 Å². The molecule has 0 saturated carbocycles. The van der Waals surface area contributed by atoms with Crippen molar-refractivity contribution in [3.05, 3.63) is 29.3 Å². The van der Waals surface area contributed by atoms with E-state index in [1.54, 1.807) is 6.92 Å². The lowest BCUT2D eigenvalue weighted by atomic mass is 9.99. The highest BCUT2D eigenvalue weighted by atomic mass is 16.7. The molecule has 0 radical (unpaired) electrons. The van der Waals surface area contributed by atoms with Crippen molar-refractivity contribution in [3.63, 3.8) is 0 Å². The maximum atomic E-state index is 12.2. The molecule has 1 N–H and O–H groups in total. The molecule has 5 nitrogen and oxygen atoms in total. The van der Waals surface area contributed by atoms with Crippen LogP contribution in [0.25, 0.3) is 0 Å². The predicted octanol–water partition coefficient (Wildman–Crippen LogP) is 2.18. The van der Waals surface area contributed by atoms with Gasteiger partial charge in [-0.1, -0.05) is 17.3 Å². The average Bonchev–Trinajstić information content (AvgIpc) is 2.85. The van der Waals surface area contributed by atoms with E-state index in [-0.39, 0.29) is 5.91 Å². The van der Waals surface area contributed by atoms with Crippen LogP contribution in [0.2, 0.25) is 0 Å². The van der Waals surface area contributed by atoms with Gasteiger partial charge in [-0.3, -0.25) is 4.79 Å². The normalized spacial score (nSPS) is 23.6. The fraction of sp³-hybridized carbons (Fsp3) is 0.500. The van der Waals surface area contributed by atoms with E-state index in [2.05, 4.69) is 16.5 Å². The van der Waals surface area contributed by atoms with Crippen molar-refractivity contribution in [2.75, 3.05) is 6.61 Å². The molecule has 3 rings (SSSR count). The number of rotatable bonds is 3. The third-order valence-corrected chi connectivity index (χ3v) is 3.90. The van der Waals surface area contributed by atoms with Gasteiger partial charge in [0.25, 0.3) is 5.91 Å². The Bertz CT molecular complexity index is 597. The number of nitrogens with zero attached hydrogens (tertiary/aromatic N) is 1. The number of benzene rings is 1. The molecule has 1 unspecified atom stereocenters. The number of nitrogens with one attached hydrogen (secondary N) is 1. The molecule has 1 aromatic carbocycles. The first-order valence-electron chi connectivity index (χ1n) is 7.31. The van der Waals surface area contributed by atoms with Crippen LogP contribution in [0.15, 0.2) is 23.4 Å². The molecule has 0 fully saturated rings. The highest BCUT2D eigenvalue weighted by Gasteiger charge is 2.40. The monoisotopic (exact) mass is 288 g/mol. The zero-order valence-electron chi connectivity index (χ0n) is 12.4. The van der Waals surface area contributed by atoms with Gasteiger partial charge in [0.2, 0.25) is 5.60 Å². The Balaban J connectivity index is 1.61. The third kappa shape index (κ3) is 2.86. The number of amides is 1. The van der Waals surface area contributed by atoms with Crippen LogP contribution in [0.1, 0.15) is 37.8 Å². The van der Waals surface area contributed by atoms with Crippen LogP contribution in [-0.4, -0.2) is 23.8 Å². The lowest BCUT2D eigenvalue weighted by molar-refractivity contribution is -0.141. The maximum Gasteiger partial charge on any atom is 0.267 e. The predicted molar refractivity (Wildman–Crippen MR) is 79.3 cm³/mol. The summed E-state index contributed by atoms with van der Waals surface area (Å²) < 4.78 is 5.59. The highest BCUT2D eigenvalue weighted by Crippen LogP contribution is 2.26. The number of carbonyl (C=O) groups is 1. The van der Waals surface area contributed by atoms with Gasteiger partial charge in [-0.15, -0.1) is 0 Å². The summed E-state index contributed by atoms with van der Waals surface area (Å²) >= 11 is 0. The van der Waals surface area contributed by atoms with Crippen molar-refractivity contribution in [3.8, 4) is 5.75 Å². The standard InChI is InChI=1S/C16H20N2O3/c1-11-9-16(2,21-18-11)15(19)17-10-12-5-6-14-13(8-12)4-3-7-20-14/h5-6,8H,3-4,7,9-10H2,1-2H3,(H,17,19). The molecule has 2 heterocycles. The van der Waals surface area contributed by atoms with Crippen molar-refractivity contribution in [2.45, 2.75) is 45.3 Å². The first-order chi connectivity index (χ1) is 10.1. The Hall–Kier alpha value is -2.04. The largest absolute Gasteiger partial charge is 0.493 e. The van der Waals surface area contributed by atoms with Gasteiger partial charge in [-0.25, -0.2) is 0 Å². The van der Waals surface area contributed by atoms with Crippen LogP contribution in [0.4, 0.5) is 0 Å². The fourth-order valence-electron chi connectivity index (χ4n) is 2.75. The van der Waals surface area contributed by atoms with Crippen LogP contribution in [0.5, 0.6) is 5.75 Å². The minimum absolute atomic E-state index is 0.128. The molecule has 1 atom stereocenters. The van der Waals surface area contributed by atoms with E-state index in [4.69, 9.17) is 9.57 Å². The van der Waals surface area contributed by atoms with Crippen LogP contribution >= 0.6 is 0 Å². The number of hydrogen-bond acceptors (Lipinski definition) is 4. The Morgan fingerprint density at radius 3 is 3.10 bits per heavy atom. The Morgan fingerprint density at radius 1 is 1.48 bits per heavy atom. The molecule has 0 aromatic heterocycles. The van der Waals surface area contributed by atoms with Crippen molar-refractivity contribution < 1.29 is 14.4 Å². The lowest BCUT2D eigenvalue weighted by Gasteiger charge is -2.21. The van der Waals surface area contributed by atoms with Crippen molar-refractivity contribution in [1.29, 1.82) is 0 Å². The summed E-state index contributed by atoms with van der Waals surface area (Å²) in [4.78, 5) is 17.5. The van der Waals surface area contributed by atoms with Gasteiger partial charge in [0, 0.05) is 13.0 Å². The highest BCUT2D eigenvalue weighted by molar-refractivity contribution is 5.94. The summed E-state index contributed by atoms with van der Waals surface area (Å²) in [5.74, 6) is 0.837. The zero-order chi connectivity index (χ0) is 14.9. The summed E-state index contributed by atoms with van der Waals surface area (Å²) in [5, 5.41) is 6.79. The summed E-state index contributed by atoms with van der Waals surface area (Å²) in [6.07, 6.45) is 2.62. The van der Waals surface area contributed by atoms with Gasteiger partial charge >= 0.3 is 0 Å². The minimum Gasteiger partial charge on any atom is -0.493 e. The summed E-state index contributed by atoms with van der Waals surface area (Å²) in [6.45, 7) is 4.91. The smallest absolute Gasteiger partial charge is 0.267 e. The quantitative estimate of drug-likeness (QED) is 0.927. The van der Waals surface area contributed by atoms with Gasteiger partial charge in [0.1, 0.15) is 5.75 Å². The van der Waals surface area contributed by atoms with E-state index in [1.807, 2.05) is 19.1 Å². The minimum atomic E-state index is -0.874. The molecule has 0 aliphatic carbocycles. The fourth-order valence-corrected chi connectivity index (χ4v) is 2.75. The Kier molecular flexibility index (Phi) is 3.57. The SMILES string of the molecule is CC1=NOC(C)(C(=O)NCc2ccc3c(c2)CCCO3)C1. The van der Waals surface area contributed by atoms with Gasteiger partial charge in [0.15, 0.2) is 0 Å². The third-order valence-electron chi connectivity index (χ3n) is 3.90. The van der Waals surface area contributed by atoms with Crippen LogP contribution in [0, 0.1) is 0 Å². The number of hydrogen-bond donors (Lipinski definition) is 1. The average molecular weight is 288 g/mol. The number of ether oxygens (including phenoxy) is 1. The molecular weight excluding hydrogens is 268 g/mol. The lowest BCUT2D eigenvalue weighted by Crippen LogP contribution is -2.44. The molecular formula is C16H20N2O3. The van der Waals surface area contributed by atoms with Crippen LogP contribution in [0.3, 0.4) is 0 Å². The summed E-state index contributed by atoms with van der Waals surface area (Å²) in [7, 11) is 0. The molecule has 112 valence electrons. The van der Waals surface area contributed by atoms with E-state index in [0.717, 1.165) is 36.5 Å². The molecule has 0 saturated heterocycles. The van der Waals surface area contributed by atoms with E-state index < -0.39 is 5.60 Å². The van der Waals surface area contributed by atoms with E-state index in [1.165, 1.54) is 5.56 Å². The molecule has 2 aliphatic rings. The molecule has 5 heteroatoms. The van der Waals surface area contributed by atoms with Gasteiger partial charge in [-0.05, 0) is 43.9 Å². The molecule has 1 amide bonds.